The highest BCUT2D eigenvalue weighted by Gasteiger charge is 2.74. The van der Waals surface area contributed by atoms with Crippen LogP contribution in [0.25, 0.3) is 0 Å². The predicted octanol–water partition coefficient (Wildman–Crippen LogP) is 6.09. The number of nitrogens with one attached hydrogen (secondary N) is 1. The Hall–Kier alpha value is -2.44. The molecular weight excluding hydrogens is 456 g/mol. The van der Waals surface area contributed by atoms with Gasteiger partial charge in [-0.3, -0.25) is 9.69 Å². The molecule has 0 bridgehead atoms. The van der Waals surface area contributed by atoms with Crippen LogP contribution >= 0.6 is 0 Å². The average Bonchev–Trinajstić information content (AvgIpc) is 2.88. The van der Waals surface area contributed by atoms with Gasteiger partial charge in [0.1, 0.15) is 0 Å². The lowest BCUT2D eigenvalue weighted by Crippen LogP contribution is -2.84. The third-order valence-electron chi connectivity index (χ3n) is 10.1. The van der Waals surface area contributed by atoms with Crippen molar-refractivity contribution in [1.29, 1.82) is 0 Å². The van der Waals surface area contributed by atoms with Crippen LogP contribution in [0.4, 0.5) is 4.79 Å². The van der Waals surface area contributed by atoms with Gasteiger partial charge in [-0.2, -0.15) is 0 Å². The van der Waals surface area contributed by atoms with Crippen LogP contribution in [0.5, 0.6) is 11.5 Å². The Labute approximate surface area is 215 Å². The Morgan fingerprint density at radius 1 is 1.00 bits per heavy atom. The van der Waals surface area contributed by atoms with E-state index in [9.17, 15) is 19.8 Å². The number of phenols is 1. The number of methoxy groups -OCH3 is 1. The minimum atomic E-state index is -0.876. The Kier molecular flexibility index (Phi) is 7.77. The van der Waals surface area contributed by atoms with Crippen LogP contribution < -0.4 is 10.1 Å². The Balaban J connectivity index is 1.74. The van der Waals surface area contributed by atoms with Gasteiger partial charge in [0.15, 0.2) is 11.5 Å². The van der Waals surface area contributed by atoms with Gasteiger partial charge in [-0.15, -0.1) is 0 Å². The Morgan fingerprint density at radius 3 is 2.03 bits per heavy atom. The first-order valence-electron chi connectivity index (χ1n) is 13.9. The molecular formula is C29H44N2O5. The van der Waals surface area contributed by atoms with Crippen molar-refractivity contribution in [1.82, 2.24) is 10.2 Å². The fourth-order valence-electron chi connectivity index (χ4n) is 8.52. The second-order valence-corrected chi connectivity index (χ2v) is 11.3. The molecule has 1 aromatic rings. The first-order valence-corrected chi connectivity index (χ1v) is 13.9. The smallest absolute Gasteiger partial charge is 0.407 e. The zero-order chi connectivity index (χ0) is 26.0. The van der Waals surface area contributed by atoms with E-state index in [1.54, 1.807) is 23.1 Å². The average molecular weight is 501 g/mol. The summed E-state index contributed by atoms with van der Waals surface area (Å²) in [7, 11) is 1.50. The Bertz CT molecular complexity index is 923. The van der Waals surface area contributed by atoms with Gasteiger partial charge in [-0.1, -0.05) is 58.4 Å². The van der Waals surface area contributed by atoms with Crippen molar-refractivity contribution < 1.29 is 24.5 Å². The van der Waals surface area contributed by atoms with Crippen LogP contribution in [0.1, 0.15) is 96.5 Å². The minimum absolute atomic E-state index is 0.0451. The molecule has 3 aliphatic rings. The lowest BCUT2D eigenvalue weighted by molar-refractivity contribution is -0.235. The molecule has 1 heterocycles. The molecule has 2 aliphatic carbocycles. The maximum atomic E-state index is 14.0. The van der Waals surface area contributed by atoms with Gasteiger partial charge >= 0.3 is 6.09 Å². The highest BCUT2D eigenvalue weighted by atomic mass is 16.5. The summed E-state index contributed by atoms with van der Waals surface area (Å²) in [6.07, 6.45) is 11.7. The number of likely N-dealkylation sites (tertiary alicyclic amines) is 1. The molecule has 1 aliphatic heterocycles. The largest absolute Gasteiger partial charge is 0.504 e. The van der Waals surface area contributed by atoms with E-state index >= 15 is 0 Å². The van der Waals surface area contributed by atoms with E-state index in [0.717, 1.165) is 69.8 Å². The number of rotatable bonds is 8. The zero-order valence-electron chi connectivity index (χ0n) is 22.3. The third-order valence-corrected chi connectivity index (χ3v) is 10.1. The molecule has 0 radical (unpaired) electrons. The molecule has 1 aromatic carbocycles. The highest BCUT2D eigenvalue weighted by molar-refractivity contribution is 5.85. The van der Waals surface area contributed by atoms with Crippen molar-refractivity contribution in [3.05, 3.63) is 23.8 Å². The summed E-state index contributed by atoms with van der Waals surface area (Å²) >= 11 is 0. The summed E-state index contributed by atoms with van der Waals surface area (Å²) in [5.41, 5.74) is -0.200. The number of ether oxygens (including phenoxy) is 1. The second kappa shape index (κ2) is 10.5. The van der Waals surface area contributed by atoms with E-state index < -0.39 is 11.6 Å². The SMILES string of the molecule is CCC1(C2(C3(CC)CCCCC3)C(C(=O)NCc3ccc(O)c(OC)c3)CN2C(=O)O)CCCCC1. The number of hydrogen-bond donors (Lipinski definition) is 3. The fraction of sp³-hybridized carbons (Fsp3) is 0.724. The molecule has 0 spiro atoms. The predicted molar refractivity (Wildman–Crippen MR) is 139 cm³/mol. The molecule has 4 rings (SSSR count). The Morgan fingerprint density at radius 2 is 1.56 bits per heavy atom. The number of nitrogens with zero attached hydrogens (tertiary/aromatic N) is 1. The highest BCUT2D eigenvalue weighted by Crippen LogP contribution is 2.68. The minimum Gasteiger partial charge on any atom is -0.504 e. The van der Waals surface area contributed by atoms with Crippen LogP contribution in [0, 0.1) is 16.7 Å². The summed E-state index contributed by atoms with van der Waals surface area (Å²) in [5, 5.41) is 23.6. The van der Waals surface area contributed by atoms with Gasteiger partial charge in [0, 0.05) is 13.1 Å². The van der Waals surface area contributed by atoms with Crippen LogP contribution in [0.15, 0.2) is 18.2 Å². The molecule has 2 saturated carbocycles. The van der Waals surface area contributed by atoms with Crippen LogP contribution in [0.3, 0.4) is 0 Å². The number of carbonyl (C=O) groups is 2. The van der Waals surface area contributed by atoms with Gasteiger partial charge in [-0.05, 0) is 67.1 Å². The van der Waals surface area contributed by atoms with E-state index in [2.05, 4.69) is 19.2 Å². The van der Waals surface area contributed by atoms with E-state index in [0.29, 0.717) is 12.3 Å². The topological polar surface area (TPSA) is 99.1 Å². The maximum Gasteiger partial charge on any atom is 0.407 e. The van der Waals surface area contributed by atoms with E-state index in [-0.39, 0.29) is 34.9 Å². The quantitative estimate of drug-likeness (QED) is 0.401. The lowest BCUT2D eigenvalue weighted by atomic mass is 9.40. The van der Waals surface area contributed by atoms with Gasteiger partial charge in [0.05, 0.1) is 18.6 Å². The van der Waals surface area contributed by atoms with Crippen LogP contribution in [-0.2, 0) is 11.3 Å². The normalized spacial score (nSPS) is 24.4. The molecule has 1 saturated heterocycles. The number of carboxylic acid groups (broad SMARTS) is 1. The number of hydrogen-bond acceptors (Lipinski definition) is 4. The van der Waals surface area contributed by atoms with Crippen molar-refractivity contribution in [2.75, 3.05) is 13.7 Å². The number of carbonyl (C=O) groups excluding carboxylic acids is 1. The molecule has 7 heteroatoms. The summed E-state index contributed by atoms with van der Waals surface area (Å²) in [6, 6.07) is 5.08. The molecule has 3 fully saturated rings. The van der Waals surface area contributed by atoms with Gasteiger partial charge in [0.25, 0.3) is 0 Å². The maximum absolute atomic E-state index is 14.0. The first kappa shape index (κ1) is 26.6. The summed E-state index contributed by atoms with van der Waals surface area (Å²) < 4.78 is 5.23. The van der Waals surface area contributed by atoms with Crippen LogP contribution in [0.2, 0.25) is 0 Å². The first-order chi connectivity index (χ1) is 17.3. The van der Waals surface area contributed by atoms with Crippen LogP contribution in [-0.4, -0.2) is 46.3 Å². The summed E-state index contributed by atoms with van der Waals surface area (Å²) in [6.45, 7) is 5.02. The molecule has 1 unspecified atom stereocenters. The lowest BCUT2D eigenvalue weighted by Gasteiger charge is -2.74. The van der Waals surface area contributed by atoms with Gasteiger partial charge < -0.3 is 20.3 Å². The summed E-state index contributed by atoms with van der Waals surface area (Å²) in [4.78, 5) is 28.5. The molecule has 1 atom stereocenters. The standard InChI is InChI=1S/C29H44N2O5/c1-4-27(14-8-6-9-15-27)29(28(5-2)16-10-7-11-17-28)22(20-31(29)26(34)35)25(33)30-19-21-12-13-23(32)24(18-21)36-3/h12-13,18,22,32H,4-11,14-17,19-20H2,1-3H3,(H,30,33)(H,34,35). The third kappa shape index (κ3) is 4.03. The molecule has 2 amide bonds. The zero-order valence-corrected chi connectivity index (χ0v) is 22.3. The molecule has 7 nitrogen and oxygen atoms in total. The van der Waals surface area contributed by atoms with Crippen molar-refractivity contribution in [2.24, 2.45) is 16.7 Å². The number of amides is 2. The van der Waals surface area contributed by atoms with Crippen molar-refractivity contribution >= 4 is 12.0 Å². The monoisotopic (exact) mass is 500 g/mol. The molecule has 3 N–H and O–H groups in total. The fourth-order valence-corrected chi connectivity index (χ4v) is 8.52. The van der Waals surface area contributed by atoms with Gasteiger partial charge in [-0.25, -0.2) is 4.79 Å². The number of phenolic OH excluding ortho intramolecular Hbond substituents is 1. The number of aromatic hydroxyl groups is 1. The van der Waals surface area contributed by atoms with Crippen molar-refractivity contribution in [3.63, 3.8) is 0 Å². The van der Waals surface area contributed by atoms with E-state index in [1.165, 1.54) is 20.0 Å². The van der Waals surface area contributed by atoms with Gasteiger partial charge in [0.2, 0.25) is 5.91 Å². The second-order valence-electron chi connectivity index (χ2n) is 11.3. The van der Waals surface area contributed by atoms with E-state index in [4.69, 9.17) is 4.74 Å². The molecule has 36 heavy (non-hydrogen) atoms. The van der Waals surface area contributed by atoms with Crippen molar-refractivity contribution in [3.8, 4) is 11.5 Å². The van der Waals surface area contributed by atoms with Crippen molar-refractivity contribution in [2.45, 2.75) is 103 Å². The molecule has 200 valence electrons. The number of benzene rings is 1. The van der Waals surface area contributed by atoms with E-state index in [1.807, 2.05) is 0 Å². The molecule has 0 aromatic heterocycles. The summed E-state index contributed by atoms with van der Waals surface area (Å²) in [5.74, 6) is 0.0307.